The van der Waals surface area contributed by atoms with Gasteiger partial charge in [-0.3, -0.25) is 4.79 Å². The molecule has 0 aliphatic heterocycles. The van der Waals surface area contributed by atoms with Crippen molar-refractivity contribution in [3.8, 4) is 11.5 Å². The molecule has 0 spiro atoms. The molecule has 0 saturated heterocycles. The van der Waals surface area contributed by atoms with Crippen LogP contribution < -0.4 is 14.8 Å². The highest BCUT2D eigenvalue weighted by atomic mass is 32.2. The van der Waals surface area contributed by atoms with E-state index >= 15 is 0 Å². The Balaban J connectivity index is 2.53. The molecule has 1 rings (SSSR count). The van der Waals surface area contributed by atoms with Gasteiger partial charge in [-0.25, -0.2) is 0 Å². The summed E-state index contributed by atoms with van der Waals surface area (Å²) in [6.45, 7) is 4.82. The lowest BCUT2D eigenvalue weighted by molar-refractivity contribution is -0.120. The fraction of sp³-hybridized carbons (Fsp3) is 0.562. The van der Waals surface area contributed by atoms with Crippen molar-refractivity contribution in [1.82, 2.24) is 5.32 Å². The van der Waals surface area contributed by atoms with Crippen molar-refractivity contribution in [3.05, 3.63) is 18.2 Å². The van der Waals surface area contributed by atoms with Crippen molar-refractivity contribution < 1.29 is 14.3 Å². The third-order valence-corrected chi connectivity index (χ3v) is 4.21. The summed E-state index contributed by atoms with van der Waals surface area (Å²) < 4.78 is 10.5. The molecule has 1 aromatic carbocycles. The van der Waals surface area contributed by atoms with Crippen LogP contribution in [0.25, 0.3) is 0 Å². The number of nitrogens with one attached hydrogen (secondary N) is 1. The molecule has 1 amide bonds. The van der Waals surface area contributed by atoms with Gasteiger partial charge in [0.25, 0.3) is 0 Å². The fourth-order valence-corrected chi connectivity index (χ4v) is 2.80. The SMILES string of the molecule is CCCCCNC(=O)[C@@H](C)Sc1ccc(OC)c(OC)c1. The molecule has 0 heterocycles. The molecule has 0 aliphatic rings. The highest BCUT2D eigenvalue weighted by Gasteiger charge is 2.15. The second-order valence-corrected chi connectivity index (χ2v) is 6.19. The molecule has 118 valence electrons. The highest BCUT2D eigenvalue weighted by molar-refractivity contribution is 8.00. The number of benzene rings is 1. The summed E-state index contributed by atoms with van der Waals surface area (Å²) in [6.07, 6.45) is 3.35. The summed E-state index contributed by atoms with van der Waals surface area (Å²) >= 11 is 1.52. The zero-order valence-electron chi connectivity index (χ0n) is 13.3. The molecule has 1 aromatic rings. The second-order valence-electron chi connectivity index (χ2n) is 4.78. The highest BCUT2D eigenvalue weighted by Crippen LogP contribution is 2.33. The Bertz CT molecular complexity index is 451. The number of unbranched alkanes of at least 4 members (excludes halogenated alkanes) is 2. The van der Waals surface area contributed by atoms with Gasteiger partial charge in [0.1, 0.15) is 0 Å². The zero-order chi connectivity index (χ0) is 15.7. The van der Waals surface area contributed by atoms with E-state index in [0.717, 1.165) is 30.7 Å². The first-order valence-electron chi connectivity index (χ1n) is 7.28. The maximum Gasteiger partial charge on any atom is 0.233 e. The maximum atomic E-state index is 12.0. The molecule has 0 fully saturated rings. The van der Waals surface area contributed by atoms with E-state index in [4.69, 9.17) is 9.47 Å². The molecule has 0 radical (unpaired) electrons. The van der Waals surface area contributed by atoms with Gasteiger partial charge in [-0.2, -0.15) is 0 Å². The van der Waals surface area contributed by atoms with Gasteiger partial charge in [-0.1, -0.05) is 19.8 Å². The van der Waals surface area contributed by atoms with E-state index in [0.29, 0.717) is 11.5 Å². The zero-order valence-corrected chi connectivity index (χ0v) is 14.1. The molecule has 0 aliphatic carbocycles. The van der Waals surface area contributed by atoms with E-state index in [-0.39, 0.29) is 11.2 Å². The normalized spacial score (nSPS) is 11.8. The Kier molecular flexibility index (Phi) is 8.05. The van der Waals surface area contributed by atoms with Crippen molar-refractivity contribution in [2.24, 2.45) is 0 Å². The maximum absolute atomic E-state index is 12.0. The first-order chi connectivity index (χ1) is 10.1. The summed E-state index contributed by atoms with van der Waals surface area (Å²) in [5, 5.41) is 2.84. The summed E-state index contributed by atoms with van der Waals surface area (Å²) in [6, 6.07) is 5.68. The minimum atomic E-state index is -0.135. The Morgan fingerprint density at radius 2 is 1.95 bits per heavy atom. The van der Waals surface area contributed by atoms with E-state index in [1.54, 1.807) is 14.2 Å². The van der Waals surface area contributed by atoms with Crippen molar-refractivity contribution in [2.45, 2.75) is 43.3 Å². The van der Waals surface area contributed by atoms with E-state index in [1.807, 2.05) is 25.1 Å². The van der Waals surface area contributed by atoms with Crippen LogP contribution in [0.4, 0.5) is 0 Å². The van der Waals surface area contributed by atoms with Crippen molar-refractivity contribution in [3.63, 3.8) is 0 Å². The minimum Gasteiger partial charge on any atom is -0.493 e. The lowest BCUT2D eigenvalue weighted by Gasteiger charge is -2.13. The lowest BCUT2D eigenvalue weighted by Crippen LogP contribution is -2.31. The van der Waals surface area contributed by atoms with Gasteiger partial charge in [-0.05, 0) is 31.5 Å². The lowest BCUT2D eigenvalue weighted by atomic mass is 10.2. The Morgan fingerprint density at radius 3 is 2.57 bits per heavy atom. The number of ether oxygens (including phenoxy) is 2. The van der Waals surface area contributed by atoms with Crippen LogP contribution >= 0.6 is 11.8 Å². The first kappa shape index (κ1) is 17.7. The van der Waals surface area contributed by atoms with Crippen LogP contribution in [0.5, 0.6) is 11.5 Å². The molecule has 1 N–H and O–H groups in total. The van der Waals surface area contributed by atoms with Gasteiger partial charge >= 0.3 is 0 Å². The van der Waals surface area contributed by atoms with Gasteiger partial charge in [0, 0.05) is 11.4 Å². The Hall–Kier alpha value is -1.36. The Labute approximate surface area is 131 Å². The average molecular weight is 311 g/mol. The minimum absolute atomic E-state index is 0.0749. The number of carbonyl (C=O) groups is 1. The number of thioether (sulfide) groups is 1. The third-order valence-electron chi connectivity index (χ3n) is 3.12. The number of hydrogen-bond acceptors (Lipinski definition) is 4. The fourth-order valence-electron chi connectivity index (χ4n) is 1.88. The molecule has 0 unspecified atom stereocenters. The summed E-state index contributed by atoms with van der Waals surface area (Å²) in [5.41, 5.74) is 0. The largest absolute Gasteiger partial charge is 0.493 e. The van der Waals surface area contributed by atoms with Gasteiger partial charge in [-0.15, -0.1) is 11.8 Å². The predicted octanol–water partition coefficient (Wildman–Crippen LogP) is 3.49. The predicted molar refractivity (Wildman–Crippen MR) is 87.4 cm³/mol. The molecule has 0 saturated carbocycles. The molecule has 21 heavy (non-hydrogen) atoms. The Morgan fingerprint density at radius 1 is 1.24 bits per heavy atom. The van der Waals surface area contributed by atoms with Crippen LogP contribution in [0.3, 0.4) is 0 Å². The van der Waals surface area contributed by atoms with Crippen LogP contribution in [0.1, 0.15) is 33.1 Å². The van der Waals surface area contributed by atoms with Gasteiger partial charge in [0.15, 0.2) is 11.5 Å². The quantitative estimate of drug-likeness (QED) is 0.560. The van der Waals surface area contributed by atoms with Crippen LogP contribution in [-0.2, 0) is 4.79 Å². The first-order valence-corrected chi connectivity index (χ1v) is 8.16. The van der Waals surface area contributed by atoms with Gasteiger partial charge in [0.2, 0.25) is 5.91 Å². The monoisotopic (exact) mass is 311 g/mol. The van der Waals surface area contributed by atoms with Crippen molar-refractivity contribution >= 4 is 17.7 Å². The van der Waals surface area contributed by atoms with E-state index < -0.39 is 0 Å². The van der Waals surface area contributed by atoms with Crippen molar-refractivity contribution in [2.75, 3.05) is 20.8 Å². The van der Waals surface area contributed by atoms with Gasteiger partial charge in [0.05, 0.1) is 19.5 Å². The molecule has 1 atom stereocenters. The molecular weight excluding hydrogens is 286 g/mol. The molecule has 4 nitrogen and oxygen atoms in total. The molecule has 0 aromatic heterocycles. The average Bonchev–Trinajstić information content (AvgIpc) is 2.51. The second kappa shape index (κ2) is 9.55. The molecule has 5 heteroatoms. The third kappa shape index (κ3) is 5.87. The topological polar surface area (TPSA) is 47.6 Å². The summed E-state index contributed by atoms with van der Waals surface area (Å²) in [4.78, 5) is 13.0. The standard InChI is InChI=1S/C16H25NO3S/c1-5-6-7-10-17-16(18)12(2)21-13-8-9-14(19-3)15(11-13)20-4/h8-9,11-12H,5-7,10H2,1-4H3,(H,17,18)/t12-/m1/s1. The van der Waals surface area contributed by atoms with Crippen LogP contribution in [-0.4, -0.2) is 31.9 Å². The van der Waals surface area contributed by atoms with Crippen molar-refractivity contribution in [1.29, 1.82) is 0 Å². The van der Waals surface area contributed by atoms with Crippen LogP contribution in [0, 0.1) is 0 Å². The van der Waals surface area contributed by atoms with Crippen LogP contribution in [0.15, 0.2) is 23.1 Å². The smallest absolute Gasteiger partial charge is 0.233 e. The van der Waals surface area contributed by atoms with Gasteiger partial charge < -0.3 is 14.8 Å². The van der Waals surface area contributed by atoms with E-state index in [1.165, 1.54) is 11.8 Å². The van der Waals surface area contributed by atoms with Crippen LogP contribution in [0.2, 0.25) is 0 Å². The number of hydrogen-bond donors (Lipinski definition) is 1. The van der Waals surface area contributed by atoms with E-state index in [9.17, 15) is 4.79 Å². The number of carbonyl (C=O) groups excluding carboxylic acids is 1. The van der Waals surface area contributed by atoms with E-state index in [2.05, 4.69) is 12.2 Å². The number of methoxy groups -OCH3 is 2. The number of rotatable bonds is 9. The summed E-state index contributed by atoms with van der Waals surface area (Å²) in [7, 11) is 3.22. The molecular formula is C16H25NO3S. The molecule has 0 bridgehead atoms. The summed E-state index contributed by atoms with van der Waals surface area (Å²) in [5.74, 6) is 1.45. The number of amides is 1.